The molecule has 0 bridgehead atoms. The highest BCUT2D eigenvalue weighted by molar-refractivity contribution is 5.58. The summed E-state index contributed by atoms with van der Waals surface area (Å²) in [5.41, 5.74) is 4.53. The van der Waals surface area contributed by atoms with Crippen LogP contribution in [-0.4, -0.2) is 23.7 Å². The number of nitrogens with zero attached hydrogens (tertiary/aromatic N) is 2. The molecule has 1 aromatic carbocycles. The average Bonchev–Trinajstić information content (AvgIpc) is 2.81. The number of hydrogen-bond donors (Lipinski definition) is 1. The smallest absolute Gasteiger partial charge is 0.0845 e. The summed E-state index contributed by atoms with van der Waals surface area (Å²) in [6.45, 7) is 1.06. The molecule has 0 spiro atoms. The second-order valence-electron chi connectivity index (χ2n) is 5.10. The molecule has 0 saturated heterocycles. The first-order valence-corrected chi connectivity index (χ1v) is 6.66. The van der Waals surface area contributed by atoms with Gasteiger partial charge < -0.3 is 10.0 Å². The van der Waals surface area contributed by atoms with Crippen LogP contribution in [0.3, 0.4) is 0 Å². The summed E-state index contributed by atoms with van der Waals surface area (Å²) in [7, 11) is 2.11. The summed E-state index contributed by atoms with van der Waals surface area (Å²) in [6, 6.07) is 12.1. The van der Waals surface area contributed by atoms with E-state index in [9.17, 15) is 5.11 Å². The van der Waals surface area contributed by atoms with E-state index in [-0.39, 0.29) is 0 Å². The minimum atomic E-state index is -0.480. The van der Waals surface area contributed by atoms with Gasteiger partial charge in [-0.05, 0) is 35.7 Å². The molecule has 3 rings (SSSR count). The highest BCUT2D eigenvalue weighted by Crippen LogP contribution is 2.30. The summed E-state index contributed by atoms with van der Waals surface area (Å²) in [5, 5.41) is 10.3. The van der Waals surface area contributed by atoms with Crippen molar-refractivity contribution >= 4 is 5.69 Å². The Hall–Kier alpha value is -1.87. The van der Waals surface area contributed by atoms with Gasteiger partial charge in [0.15, 0.2) is 0 Å². The van der Waals surface area contributed by atoms with Gasteiger partial charge in [-0.1, -0.05) is 18.2 Å². The first-order chi connectivity index (χ1) is 9.24. The van der Waals surface area contributed by atoms with Crippen molar-refractivity contribution < 1.29 is 5.11 Å². The molecule has 1 atom stereocenters. The fraction of sp³-hybridized carbons (Fsp3) is 0.312. The number of hydrogen-bond acceptors (Lipinski definition) is 3. The van der Waals surface area contributed by atoms with Crippen molar-refractivity contribution in [3.8, 4) is 0 Å². The van der Waals surface area contributed by atoms with E-state index in [0.717, 1.165) is 24.2 Å². The van der Waals surface area contributed by atoms with E-state index in [4.69, 9.17) is 0 Å². The molecule has 0 aliphatic carbocycles. The zero-order chi connectivity index (χ0) is 13.2. The Bertz CT molecular complexity index is 568. The van der Waals surface area contributed by atoms with Gasteiger partial charge in [-0.2, -0.15) is 0 Å². The average molecular weight is 254 g/mol. The maximum Gasteiger partial charge on any atom is 0.0845 e. The molecule has 19 heavy (non-hydrogen) atoms. The summed E-state index contributed by atoms with van der Waals surface area (Å²) < 4.78 is 0. The molecule has 3 nitrogen and oxygen atoms in total. The Labute approximate surface area is 113 Å². The van der Waals surface area contributed by atoms with Crippen LogP contribution < -0.4 is 4.90 Å². The minimum absolute atomic E-state index is 0.480. The van der Waals surface area contributed by atoms with E-state index >= 15 is 0 Å². The number of pyridine rings is 1. The van der Waals surface area contributed by atoms with Crippen LogP contribution in [0.4, 0.5) is 5.69 Å². The number of fused-ring (bicyclic) bond motifs is 1. The largest absolute Gasteiger partial charge is 0.388 e. The lowest BCUT2D eigenvalue weighted by atomic mass is 10.0. The van der Waals surface area contributed by atoms with E-state index in [1.165, 1.54) is 11.3 Å². The van der Waals surface area contributed by atoms with Gasteiger partial charge in [-0.3, -0.25) is 4.98 Å². The maximum absolute atomic E-state index is 10.3. The Morgan fingerprint density at radius 1 is 1.32 bits per heavy atom. The Kier molecular flexibility index (Phi) is 3.22. The maximum atomic E-state index is 10.3. The van der Waals surface area contributed by atoms with Crippen molar-refractivity contribution in [3.63, 3.8) is 0 Å². The molecule has 0 radical (unpaired) electrons. The molecular weight excluding hydrogens is 236 g/mol. The highest BCUT2D eigenvalue weighted by atomic mass is 16.3. The molecule has 1 N–H and O–H groups in total. The van der Waals surface area contributed by atoms with Crippen molar-refractivity contribution in [2.24, 2.45) is 0 Å². The van der Waals surface area contributed by atoms with E-state index in [0.29, 0.717) is 6.42 Å². The van der Waals surface area contributed by atoms with E-state index in [1.807, 2.05) is 24.3 Å². The van der Waals surface area contributed by atoms with Crippen LogP contribution in [0.2, 0.25) is 0 Å². The molecule has 98 valence electrons. The quantitative estimate of drug-likeness (QED) is 0.913. The molecule has 0 fully saturated rings. The van der Waals surface area contributed by atoms with E-state index in [2.05, 4.69) is 29.1 Å². The van der Waals surface area contributed by atoms with Crippen molar-refractivity contribution in [2.75, 3.05) is 18.5 Å². The lowest BCUT2D eigenvalue weighted by molar-refractivity contribution is 0.177. The molecule has 2 heterocycles. The van der Waals surface area contributed by atoms with Gasteiger partial charge in [-0.15, -0.1) is 0 Å². The molecule has 1 aromatic heterocycles. The standard InChI is InChI=1S/C16H18N2O/c1-18-9-7-12-10-13(5-6-15(12)18)16(19)11-14-4-2-3-8-17-14/h2-6,8,10,16,19H,7,9,11H2,1H3. The zero-order valence-electron chi connectivity index (χ0n) is 11.1. The fourth-order valence-corrected chi connectivity index (χ4v) is 2.63. The molecular formula is C16H18N2O. The molecule has 2 aromatic rings. The van der Waals surface area contributed by atoms with Gasteiger partial charge in [-0.25, -0.2) is 0 Å². The lowest BCUT2D eigenvalue weighted by Gasteiger charge is -2.14. The predicted octanol–water partition coefficient (Wildman–Crippen LogP) is 2.35. The second-order valence-corrected chi connectivity index (χ2v) is 5.10. The van der Waals surface area contributed by atoms with Crippen molar-refractivity contribution in [2.45, 2.75) is 18.9 Å². The van der Waals surface area contributed by atoms with Crippen LogP contribution in [0.15, 0.2) is 42.6 Å². The topological polar surface area (TPSA) is 36.4 Å². The summed E-state index contributed by atoms with van der Waals surface area (Å²) in [5.74, 6) is 0. The van der Waals surface area contributed by atoms with Crippen molar-refractivity contribution in [1.29, 1.82) is 0 Å². The Morgan fingerprint density at radius 3 is 3.00 bits per heavy atom. The summed E-state index contributed by atoms with van der Waals surface area (Å²) >= 11 is 0. The normalized spacial score (nSPS) is 15.4. The van der Waals surface area contributed by atoms with Crippen LogP contribution in [0.5, 0.6) is 0 Å². The Morgan fingerprint density at radius 2 is 2.21 bits per heavy atom. The third-order valence-electron chi connectivity index (χ3n) is 3.74. The predicted molar refractivity (Wildman–Crippen MR) is 76.3 cm³/mol. The van der Waals surface area contributed by atoms with E-state index < -0.39 is 6.10 Å². The number of rotatable bonds is 3. The van der Waals surface area contributed by atoms with Gasteiger partial charge >= 0.3 is 0 Å². The second kappa shape index (κ2) is 5.02. The molecule has 3 heteroatoms. The third kappa shape index (κ3) is 2.47. The van der Waals surface area contributed by atoms with E-state index in [1.54, 1.807) is 6.20 Å². The molecule has 0 amide bonds. The van der Waals surface area contributed by atoms with Crippen molar-refractivity contribution in [3.05, 3.63) is 59.4 Å². The van der Waals surface area contributed by atoms with Gasteiger partial charge in [0, 0.05) is 37.6 Å². The number of likely N-dealkylation sites (N-methyl/N-ethyl adjacent to an activating group) is 1. The Balaban J connectivity index is 1.79. The number of anilines is 1. The van der Waals surface area contributed by atoms with Gasteiger partial charge in [0.2, 0.25) is 0 Å². The summed E-state index contributed by atoms with van der Waals surface area (Å²) in [4.78, 5) is 6.51. The van der Waals surface area contributed by atoms with Gasteiger partial charge in [0.1, 0.15) is 0 Å². The monoisotopic (exact) mass is 254 g/mol. The number of aliphatic hydroxyl groups is 1. The number of benzene rings is 1. The van der Waals surface area contributed by atoms with Gasteiger partial charge in [0.05, 0.1) is 6.10 Å². The van der Waals surface area contributed by atoms with Crippen LogP contribution >= 0.6 is 0 Å². The highest BCUT2D eigenvalue weighted by Gasteiger charge is 2.18. The van der Waals surface area contributed by atoms with Crippen molar-refractivity contribution in [1.82, 2.24) is 4.98 Å². The third-order valence-corrected chi connectivity index (χ3v) is 3.74. The van der Waals surface area contributed by atoms with Crippen LogP contribution in [0, 0.1) is 0 Å². The van der Waals surface area contributed by atoms with Crippen LogP contribution in [0.1, 0.15) is 22.9 Å². The fourth-order valence-electron chi connectivity index (χ4n) is 2.63. The van der Waals surface area contributed by atoms with Gasteiger partial charge in [0.25, 0.3) is 0 Å². The summed E-state index contributed by atoms with van der Waals surface area (Å²) in [6.07, 6.45) is 2.91. The minimum Gasteiger partial charge on any atom is -0.388 e. The molecule has 0 saturated carbocycles. The lowest BCUT2D eigenvalue weighted by Crippen LogP contribution is -2.12. The van der Waals surface area contributed by atoms with Crippen LogP contribution in [0.25, 0.3) is 0 Å². The zero-order valence-corrected chi connectivity index (χ0v) is 11.1. The first-order valence-electron chi connectivity index (χ1n) is 6.66. The molecule has 1 aliphatic rings. The first kappa shape index (κ1) is 12.2. The molecule has 1 aliphatic heterocycles. The van der Waals surface area contributed by atoms with Crippen LogP contribution in [-0.2, 0) is 12.8 Å². The number of aliphatic hydroxyl groups excluding tert-OH is 1. The number of aromatic nitrogens is 1. The SMILES string of the molecule is CN1CCc2cc(C(O)Cc3ccccn3)ccc21. The molecule has 1 unspecified atom stereocenters.